The lowest BCUT2D eigenvalue weighted by molar-refractivity contribution is 0.354. The summed E-state index contributed by atoms with van der Waals surface area (Å²) in [5.41, 5.74) is 5.34. The molecule has 0 atom stereocenters. The van der Waals surface area contributed by atoms with E-state index in [0.29, 0.717) is 5.92 Å². The second-order valence-corrected chi connectivity index (χ2v) is 25.7. The summed E-state index contributed by atoms with van der Waals surface area (Å²) in [5, 5.41) is 18.9. The van der Waals surface area contributed by atoms with Crippen molar-refractivity contribution in [2.24, 2.45) is 11.8 Å². The van der Waals surface area contributed by atoms with Gasteiger partial charge in [0.15, 0.2) is 23.0 Å². The Bertz CT molecular complexity index is 920. The molecule has 40 heavy (non-hydrogen) atoms. The number of ether oxygens (including phenoxy) is 2. The lowest BCUT2D eigenvalue weighted by atomic mass is 9.98. The van der Waals surface area contributed by atoms with Gasteiger partial charge in [0.05, 0.1) is 14.2 Å². The summed E-state index contributed by atoms with van der Waals surface area (Å²) in [4.78, 5) is 0. The molecular weight excluding hydrogens is 719 g/mol. The van der Waals surface area contributed by atoms with Gasteiger partial charge in [0.25, 0.3) is 0 Å². The summed E-state index contributed by atoms with van der Waals surface area (Å²) in [6.45, 7) is 4.48. The van der Waals surface area contributed by atoms with Gasteiger partial charge in [0.2, 0.25) is 0 Å². The van der Waals surface area contributed by atoms with Gasteiger partial charge in [-0.25, -0.2) is 0 Å². The van der Waals surface area contributed by atoms with Gasteiger partial charge in [-0.2, -0.15) is 0 Å². The first kappa shape index (κ1) is 39.5. The summed E-state index contributed by atoms with van der Waals surface area (Å²) in [5.74, 6) is 3.31. The topological polar surface area (TPSA) is 58.9 Å². The minimum absolute atomic E-state index is 0. The molecular formula is C32H52Br3O4P. The van der Waals surface area contributed by atoms with Gasteiger partial charge in [-0.1, -0.05) is 67.2 Å². The van der Waals surface area contributed by atoms with Gasteiger partial charge in [-0.3, -0.25) is 0 Å². The molecule has 2 aliphatic rings. The van der Waals surface area contributed by atoms with Crippen LogP contribution >= 0.6 is 50.5 Å². The van der Waals surface area contributed by atoms with Gasteiger partial charge in [0.1, 0.15) is 4.03 Å². The molecule has 0 aromatic heterocycles. The molecule has 230 valence electrons. The van der Waals surface area contributed by atoms with Crippen LogP contribution in [0.2, 0.25) is 0 Å². The first-order valence-electron chi connectivity index (χ1n) is 13.8. The molecule has 0 bridgehead atoms. The van der Waals surface area contributed by atoms with Gasteiger partial charge >= 0.3 is 0 Å². The number of hydrogen-bond donors (Lipinski definition) is 2. The van der Waals surface area contributed by atoms with Crippen LogP contribution in [0.15, 0.2) is 24.3 Å². The van der Waals surface area contributed by atoms with Crippen molar-refractivity contribution in [3.05, 3.63) is 46.5 Å². The van der Waals surface area contributed by atoms with Crippen molar-refractivity contribution in [1.82, 2.24) is 0 Å². The Morgan fingerprint density at radius 3 is 1.23 bits per heavy atom. The molecule has 0 aliphatic heterocycles. The maximum atomic E-state index is 9.43. The number of unbranched alkanes of at least 4 members (excludes halogenated alkanes) is 4. The van der Waals surface area contributed by atoms with Crippen LogP contribution in [0.5, 0.6) is 23.0 Å². The highest BCUT2D eigenvalue weighted by atomic mass is 80.0. The molecule has 0 heterocycles. The maximum absolute atomic E-state index is 9.43. The van der Waals surface area contributed by atoms with E-state index in [0.717, 1.165) is 30.3 Å². The van der Waals surface area contributed by atoms with E-state index in [2.05, 4.69) is 72.4 Å². The van der Waals surface area contributed by atoms with Crippen molar-refractivity contribution in [3.63, 3.8) is 0 Å². The lowest BCUT2D eigenvalue weighted by Gasteiger charge is -2.09. The fourth-order valence-electron chi connectivity index (χ4n) is 5.55. The monoisotopic (exact) mass is 768 g/mol. The molecule has 0 radical (unpaired) electrons. The predicted octanol–water partition coefficient (Wildman–Crippen LogP) is 12.1. The van der Waals surface area contributed by atoms with Crippen LogP contribution in [0.1, 0.15) is 102 Å². The van der Waals surface area contributed by atoms with Crippen LogP contribution in [0, 0.1) is 11.8 Å². The molecule has 4 nitrogen and oxygen atoms in total. The van der Waals surface area contributed by atoms with E-state index in [1.807, 2.05) is 0 Å². The number of fused-ring (bicyclic) bond motifs is 2. The largest absolute Gasteiger partial charge is 0.504 e. The number of hydrogen-bond acceptors (Lipinski definition) is 4. The molecule has 2 aromatic rings. The predicted molar refractivity (Wildman–Crippen MR) is 187 cm³/mol. The number of benzene rings is 2. The molecule has 0 amide bonds. The van der Waals surface area contributed by atoms with Gasteiger partial charge in [-0.15, -0.1) is 0 Å². The summed E-state index contributed by atoms with van der Waals surface area (Å²) in [6.07, 6.45) is 15.1. The van der Waals surface area contributed by atoms with Crippen molar-refractivity contribution in [3.8, 4) is 23.0 Å². The van der Waals surface area contributed by atoms with Gasteiger partial charge < -0.3 is 19.7 Å². The summed E-state index contributed by atoms with van der Waals surface area (Å²) >= 11 is 9.51. The molecule has 2 aromatic carbocycles. The molecule has 2 aliphatic carbocycles. The van der Waals surface area contributed by atoms with Crippen molar-refractivity contribution < 1.29 is 19.7 Å². The van der Waals surface area contributed by atoms with Crippen LogP contribution in [-0.2, 0) is 25.7 Å². The van der Waals surface area contributed by atoms with E-state index in [9.17, 15) is 10.2 Å². The first-order valence-corrected chi connectivity index (χ1v) is 21.2. The SMILES string of the molecule is BrP(Br)Br.C.C.CCCCCC1Cc2cc(O)c(O)cc2C1.CCCCCC1Cc2cc(OC)c(OC)cc2C1. The van der Waals surface area contributed by atoms with Crippen LogP contribution < -0.4 is 9.47 Å². The van der Waals surface area contributed by atoms with E-state index in [4.69, 9.17) is 9.47 Å². The second-order valence-electron chi connectivity index (χ2n) is 10.3. The Morgan fingerprint density at radius 2 is 0.950 bits per heavy atom. The number of phenolic OH excluding ortho intramolecular Hbond substituents is 2. The number of methoxy groups -OCH3 is 2. The molecule has 0 saturated heterocycles. The molecule has 0 fully saturated rings. The molecule has 0 spiro atoms. The summed E-state index contributed by atoms with van der Waals surface area (Å²) in [7, 11) is 3.41. The standard InChI is InChI=1S/C16H24O2.C14H20O2.2CH4.Br3P/c1-4-5-6-7-12-8-13-10-15(17-2)16(18-3)11-14(13)9-12;1-2-3-4-5-10-6-11-8-13(15)14(16)9-12(11)7-10;;;1-4(2)3/h10-12H,4-9H2,1-3H3;8-10,15-16H,2-7H2,1H3;2*1H4;. The van der Waals surface area contributed by atoms with E-state index in [1.54, 1.807) is 26.4 Å². The Labute approximate surface area is 270 Å². The van der Waals surface area contributed by atoms with Crippen LogP contribution in [0.25, 0.3) is 0 Å². The molecule has 0 saturated carbocycles. The van der Waals surface area contributed by atoms with Crippen LogP contribution in [0.4, 0.5) is 0 Å². The second kappa shape index (κ2) is 21.2. The Morgan fingerprint density at radius 1 is 0.650 bits per heavy atom. The van der Waals surface area contributed by atoms with Gasteiger partial charge in [-0.05, 0) is 143 Å². The Hall–Kier alpha value is -0.490. The van der Waals surface area contributed by atoms with E-state index < -0.39 is 0 Å². The van der Waals surface area contributed by atoms with Crippen molar-refractivity contribution in [2.75, 3.05) is 14.2 Å². The van der Waals surface area contributed by atoms with Crippen LogP contribution in [0.3, 0.4) is 0 Å². The number of rotatable bonds is 10. The highest BCUT2D eigenvalue weighted by Crippen LogP contribution is 2.59. The number of halogens is 3. The normalized spacial score (nSPS) is 13.6. The average Bonchev–Trinajstić information content (AvgIpc) is 3.46. The average molecular weight is 771 g/mol. The molecule has 4 rings (SSSR count). The number of phenols is 2. The number of aromatic hydroxyl groups is 2. The quantitative estimate of drug-likeness (QED) is 0.143. The third-order valence-electron chi connectivity index (χ3n) is 7.47. The van der Waals surface area contributed by atoms with Crippen molar-refractivity contribution in [2.45, 2.75) is 106 Å². The summed E-state index contributed by atoms with van der Waals surface area (Å²) in [6, 6.07) is 7.77. The lowest BCUT2D eigenvalue weighted by Crippen LogP contribution is -1.98. The molecule has 8 heteroatoms. The fourth-order valence-corrected chi connectivity index (χ4v) is 5.55. The third kappa shape index (κ3) is 13.2. The molecule has 2 N–H and O–H groups in total. The minimum atomic E-state index is -0.183. The fraction of sp³-hybridized carbons (Fsp3) is 0.625. The van der Waals surface area contributed by atoms with Crippen molar-refractivity contribution >= 4 is 50.5 Å². The Kier molecular flexibility index (Phi) is 21.0. The summed E-state index contributed by atoms with van der Waals surface area (Å²) < 4.78 is 10.6. The molecule has 0 unspecified atom stereocenters. The van der Waals surface area contributed by atoms with Gasteiger partial charge in [0, 0.05) is 0 Å². The van der Waals surface area contributed by atoms with E-state index in [1.165, 1.54) is 86.5 Å². The zero-order valence-electron chi connectivity index (χ0n) is 23.2. The van der Waals surface area contributed by atoms with E-state index in [-0.39, 0.29) is 30.4 Å². The highest BCUT2D eigenvalue weighted by Gasteiger charge is 2.24. The smallest absolute Gasteiger partial charge is 0.161 e. The van der Waals surface area contributed by atoms with E-state index >= 15 is 0 Å². The zero-order chi connectivity index (χ0) is 28.1. The van der Waals surface area contributed by atoms with Crippen molar-refractivity contribution in [1.29, 1.82) is 0 Å². The Balaban J connectivity index is 0.000000646. The van der Waals surface area contributed by atoms with Crippen LogP contribution in [-0.4, -0.2) is 24.4 Å². The highest BCUT2D eigenvalue weighted by molar-refractivity contribution is 9.93. The first-order chi connectivity index (χ1) is 18.2. The minimum Gasteiger partial charge on any atom is -0.504 e. The zero-order valence-corrected chi connectivity index (χ0v) is 28.9. The third-order valence-corrected chi connectivity index (χ3v) is 7.47. The maximum Gasteiger partial charge on any atom is 0.161 e.